The number of fused-ring (bicyclic) bond motifs is 3. The van der Waals surface area contributed by atoms with Crippen LogP contribution < -0.4 is 0 Å². The summed E-state index contributed by atoms with van der Waals surface area (Å²) in [5, 5.41) is 7.52. The second-order valence-electron chi connectivity index (χ2n) is 9.14. The first-order valence-electron chi connectivity index (χ1n) is 12.3. The molecule has 0 unspecified atom stereocenters. The minimum atomic E-state index is 0. The first-order valence-corrected chi connectivity index (χ1v) is 12.3. The molecular weight excluding hydrogens is 521 g/mol. The third-order valence-corrected chi connectivity index (χ3v) is 7.07. The Bertz CT molecular complexity index is 1830. The smallest absolute Gasteiger partial charge is 0 e. The number of rotatable bonds is 3. The van der Waals surface area contributed by atoms with Crippen molar-refractivity contribution in [2.45, 2.75) is 0 Å². The quantitative estimate of drug-likeness (QED) is 0.154. The van der Waals surface area contributed by atoms with E-state index in [1.165, 1.54) is 54.6 Å². The number of hydrogen-bond donors (Lipinski definition) is 0. The van der Waals surface area contributed by atoms with Gasteiger partial charge in [-0.2, -0.15) is 36.4 Å². The van der Waals surface area contributed by atoms with E-state index in [-0.39, 0.29) is 32.7 Å². The van der Waals surface area contributed by atoms with Gasteiger partial charge in [-0.15, -0.1) is 23.8 Å². The van der Waals surface area contributed by atoms with Gasteiger partial charge >= 0.3 is 0 Å². The molecule has 0 aliphatic carbocycles. The van der Waals surface area contributed by atoms with Gasteiger partial charge in [0.15, 0.2) is 0 Å². The van der Waals surface area contributed by atoms with Gasteiger partial charge in [0.1, 0.15) is 0 Å². The summed E-state index contributed by atoms with van der Waals surface area (Å²) >= 11 is 0. The van der Waals surface area contributed by atoms with E-state index >= 15 is 0 Å². The van der Waals surface area contributed by atoms with E-state index in [0.717, 1.165) is 11.1 Å². The van der Waals surface area contributed by atoms with Crippen LogP contribution in [0.3, 0.4) is 0 Å². The molecule has 0 amide bonds. The van der Waals surface area contributed by atoms with E-state index in [0.29, 0.717) is 0 Å². The molecule has 0 N–H and O–H groups in total. The van der Waals surface area contributed by atoms with Crippen molar-refractivity contribution in [3.05, 3.63) is 146 Å². The van der Waals surface area contributed by atoms with E-state index in [1.54, 1.807) is 0 Å². The Labute approximate surface area is 242 Å². The van der Waals surface area contributed by atoms with Gasteiger partial charge in [0.05, 0.1) is 0 Å². The van der Waals surface area contributed by atoms with Gasteiger partial charge in [-0.1, -0.05) is 90.5 Å². The number of hydrogen-bond acceptors (Lipinski definition) is 0. The normalized spacial score (nSPS) is 11.0. The maximum absolute atomic E-state index is 3.52. The Balaban J connectivity index is 0.00000252. The third-order valence-electron chi connectivity index (χ3n) is 7.07. The molecule has 171 valence electrons. The van der Waals surface area contributed by atoms with Crippen LogP contribution in [0.2, 0.25) is 0 Å². The molecule has 0 aromatic heterocycles. The average Bonchev–Trinajstić information content (AvgIpc) is 2.96. The summed E-state index contributed by atoms with van der Waals surface area (Å²) in [4.78, 5) is 0. The van der Waals surface area contributed by atoms with Gasteiger partial charge in [-0.25, -0.2) is 11.1 Å². The maximum atomic E-state index is 3.52. The molecule has 0 spiro atoms. The first-order chi connectivity index (χ1) is 17.9. The molecule has 0 aliphatic rings. The van der Waals surface area contributed by atoms with Crippen LogP contribution in [0.4, 0.5) is 0 Å². The van der Waals surface area contributed by atoms with Crippen LogP contribution in [0.5, 0.6) is 0 Å². The molecule has 0 saturated heterocycles. The maximum Gasteiger partial charge on any atom is 0 e. The van der Waals surface area contributed by atoms with Crippen LogP contribution in [0.25, 0.3) is 65.7 Å². The van der Waals surface area contributed by atoms with Gasteiger partial charge in [0.2, 0.25) is 0 Å². The Morgan fingerprint density at radius 3 is 1.70 bits per heavy atom. The molecule has 0 fully saturated rings. The van der Waals surface area contributed by atoms with E-state index < -0.39 is 0 Å². The zero-order valence-corrected chi connectivity index (χ0v) is 23.1. The van der Waals surface area contributed by atoms with Crippen LogP contribution in [-0.2, 0) is 32.7 Å². The zero-order valence-electron chi connectivity index (χ0n) is 20.3. The summed E-state index contributed by atoms with van der Waals surface area (Å²) in [6, 6.07) is 54.4. The fourth-order valence-electron chi connectivity index (χ4n) is 5.49. The van der Waals surface area contributed by atoms with E-state index in [9.17, 15) is 0 Å². The monoisotopic (exact) mass is 543 g/mol. The molecule has 37 heavy (non-hydrogen) atoms. The molecule has 7 aromatic rings. The van der Waals surface area contributed by atoms with Gasteiger partial charge in [0, 0.05) is 32.7 Å². The molecule has 0 bridgehead atoms. The molecule has 7 aromatic carbocycles. The van der Waals surface area contributed by atoms with Crippen LogP contribution in [0.1, 0.15) is 0 Å². The summed E-state index contributed by atoms with van der Waals surface area (Å²) in [6.07, 6.45) is 0. The summed E-state index contributed by atoms with van der Waals surface area (Å²) in [6.45, 7) is 0. The van der Waals surface area contributed by atoms with Crippen molar-refractivity contribution in [3.63, 3.8) is 0 Å². The van der Waals surface area contributed by atoms with Crippen molar-refractivity contribution in [1.29, 1.82) is 0 Å². The molecule has 0 heterocycles. The van der Waals surface area contributed by atoms with Crippen molar-refractivity contribution in [2.75, 3.05) is 0 Å². The third kappa shape index (κ3) is 4.11. The molecule has 0 atom stereocenters. The van der Waals surface area contributed by atoms with Gasteiger partial charge < -0.3 is 0 Å². The van der Waals surface area contributed by atoms with Crippen LogP contribution in [-0.4, -0.2) is 0 Å². The van der Waals surface area contributed by atoms with Crippen molar-refractivity contribution in [2.24, 2.45) is 0 Å². The predicted molar refractivity (Wildman–Crippen MR) is 153 cm³/mol. The minimum Gasteiger partial charge on any atom is -0.226 e. The van der Waals surface area contributed by atoms with Gasteiger partial charge in [-0.05, 0) is 49.5 Å². The second kappa shape index (κ2) is 10.1. The molecule has 7 rings (SSSR count). The Morgan fingerprint density at radius 1 is 0.432 bits per heavy atom. The largest absolute Gasteiger partial charge is 0.226 e. The van der Waals surface area contributed by atoms with Crippen molar-refractivity contribution in [1.82, 2.24) is 0 Å². The summed E-state index contributed by atoms with van der Waals surface area (Å²) in [7, 11) is 0. The zero-order chi connectivity index (χ0) is 23.9. The molecular formula is C36H22Y-2. The van der Waals surface area contributed by atoms with E-state index in [4.69, 9.17) is 0 Å². The minimum absolute atomic E-state index is 0. The van der Waals surface area contributed by atoms with Crippen molar-refractivity contribution in [3.8, 4) is 33.4 Å². The standard InChI is InChI=1S/C36H22.Y/c1-2-13-26(14-3-1)29-16-6-7-17-30(29)36-33-20-10-8-18-31(33)35(32-19-9-11-21-34(32)36)28-23-22-25-12-4-5-15-27(25)24-28;/h1-13,15,17-24H;/q-2;. The fourth-order valence-corrected chi connectivity index (χ4v) is 5.49. The van der Waals surface area contributed by atoms with E-state index in [1.807, 2.05) is 18.2 Å². The summed E-state index contributed by atoms with van der Waals surface area (Å²) < 4.78 is 0. The number of benzene rings is 7. The van der Waals surface area contributed by atoms with Crippen LogP contribution in [0.15, 0.2) is 133 Å². The predicted octanol–water partition coefficient (Wildman–Crippen LogP) is 9.75. The Morgan fingerprint density at radius 2 is 1.03 bits per heavy atom. The molecule has 0 aliphatic heterocycles. The van der Waals surface area contributed by atoms with E-state index in [2.05, 4.69) is 127 Å². The topological polar surface area (TPSA) is 0 Å². The fraction of sp³-hybridized carbons (Fsp3) is 0. The van der Waals surface area contributed by atoms with Crippen molar-refractivity contribution < 1.29 is 32.7 Å². The summed E-state index contributed by atoms with van der Waals surface area (Å²) in [5.74, 6) is 0. The van der Waals surface area contributed by atoms with Crippen LogP contribution in [0, 0.1) is 12.1 Å². The SMILES string of the molecule is [Y].[c-]1ccccc1-c1[c-]cccc1-c1c2ccccc2c(-c2ccc3ccccc3c2)c2ccccc12. The average molecular weight is 543 g/mol. The summed E-state index contributed by atoms with van der Waals surface area (Å²) in [5.41, 5.74) is 7.08. The first kappa shape index (κ1) is 23.8. The Hall–Kier alpha value is -3.58. The molecule has 0 nitrogen and oxygen atoms in total. The van der Waals surface area contributed by atoms with Crippen molar-refractivity contribution >= 4 is 32.3 Å². The molecule has 0 saturated carbocycles. The van der Waals surface area contributed by atoms with Gasteiger partial charge in [-0.3, -0.25) is 0 Å². The second-order valence-corrected chi connectivity index (χ2v) is 9.14. The van der Waals surface area contributed by atoms with Gasteiger partial charge in [0.25, 0.3) is 0 Å². The van der Waals surface area contributed by atoms with Crippen LogP contribution >= 0.6 is 0 Å². The molecule has 1 heteroatoms. The Kier molecular flexibility index (Phi) is 6.47. The molecule has 1 radical (unpaired) electrons.